The molecule has 0 fully saturated rings. The summed E-state index contributed by atoms with van der Waals surface area (Å²) in [5.41, 5.74) is 3.76. The maximum Gasteiger partial charge on any atom is 0.125 e. The van der Waals surface area contributed by atoms with E-state index >= 15 is 0 Å². The van der Waals surface area contributed by atoms with Gasteiger partial charge in [-0.15, -0.1) is 0 Å². The topological polar surface area (TPSA) is 21.3 Å². The predicted octanol–water partition coefficient (Wildman–Crippen LogP) is 4.00. The summed E-state index contributed by atoms with van der Waals surface area (Å²) in [5, 5.41) is 3.48. The van der Waals surface area contributed by atoms with E-state index in [0.29, 0.717) is 12.5 Å². The van der Waals surface area contributed by atoms with Gasteiger partial charge in [-0.25, -0.2) is 0 Å². The van der Waals surface area contributed by atoms with Crippen molar-refractivity contribution in [3.05, 3.63) is 41.0 Å². The average molecular weight is 261 g/mol. The van der Waals surface area contributed by atoms with Crippen LogP contribution >= 0.6 is 0 Å². The van der Waals surface area contributed by atoms with Gasteiger partial charge in [0.15, 0.2) is 0 Å². The fraction of sp³-hybridized carbons (Fsp3) is 0.529. The molecule has 1 aromatic carbocycles. The quantitative estimate of drug-likeness (QED) is 0.749. The zero-order valence-corrected chi connectivity index (χ0v) is 12.9. The molecule has 0 unspecified atom stereocenters. The second-order valence-corrected chi connectivity index (χ2v) is 5.46. The van der Waals surface area contributed by atoms with E-state index in [1.54, 1.807) is 0 Å². The van der Waals surface area contributed by atoms with Crippen LogP contribution in [0.5, 0.6) is 5.75 Å². The summed E-state index contributed by atoms with van der Waals surface area (Å²) in [6.07, 6.45) is 4.03. The number of ether oxygens (including phenoxy) is 1. The van der Waals surface area contributed by atoms with Gasteiger partial charge in [0.25, 0.3) is 0 Å². The SMILES string of the molecule is CC=CCOc1c(C)cc(CNCC(C)C)cc1C. The summed E-state index contributed by atoms with van der Waals surface area (Å²) >= 11 is 0. The van der Waals surface area contributed by atoms with Crippen LogP contribution in [0.3, 0.4) is 0 Å². The first-order valence-corrected chi connectivity index (χ1v) is 7.09. The van der Waals surface area contributed by atoms with Crippen LogP contribution in [-0.4, -0.2) is 13.2 Å². The van der Waals surface area contributed by atoms with Crippen LogP contribution in [0.15, 0.2) is 24.3 Å². The second kappa shape index (κ2) is 8.00. The summed E-state index contributed by atoms with van der Waals surface area (Å²) < 4.78 is 5.80. The fourth-order valence-corrected chi connectivity index (χ4v) is 2.10. The largest absolute Gasteiger partial charge is 0.489 e. The lowest BCUT2D eigenvalue weighted by Gasteiger charge is -2.14. The number of aryl methyl sites for hydroxylation is 2. The Balaban J connectivity index is 2.67. The molecule has 0 amide bonds. The van der Waals surface area contributed by atoms with Crippen LogP contribution in [0.25, 0.3) is 0 Å². The Morgan fingerprint density at radius 1 is 1.21 bits per heavy atom. The van der Waals surface area contributed by atoms with E-state index in [1.807, 2.05) is 19.1 Å². The summed E-state index contributed by atoms with van der Waals surface area (Å²) in [4.78, 5) is 0. The molecule has 0 aliphatic carbocycles. The van der Waals surface area contributed by atoms with Gasteiger partial charge in [0.05, 0.1) is 0 Å². The maximum absolute atomic E-state index is 5.80. The summed E-state index contributed by atoms with van der Waals surface area (Å²) in [7, 11) is 0. The van der Waals surface area contributed by atoms with E-state index in [9.17, 15) is 0 Å². The number of hydrogen-bond acceptors (Lipinski definition) is 2. The van der Waals surface area contributed by atoms with Crippen LogP contribution in [0.4, 0.5) is 0 Å². The van der Waals surface area contributed by atoms with Gasteiger partial charge >= 0.3 is 0 Å². The second-order valence-electron chi connectivity index (χ2n) is 5.46. The standard InChI is InChI=1S/C17H27NO/c1-6-7-8-19-17-14(4)9-16(10-15(17)5)12-18-11-13(2)3/h6-7,9-10,13,18H,8,11-12H2,1-5H3. The maximum atomic E-state index is 5.80. The highest BCUT2D eigenvalue weighted by atomic mass is 16.5. The molecule has 0 aliphatic heterocycles. The van der Waals surface area contributed by atoms with E-state index in [2.05, 4.69) is 45.1 Å². The highest BCUT2D eigenvalue weighted by molar-refractivity contribution is 5.43. The van der Waals surface area contributed by atoms with Gasteiger partial charge in [0, 0.05) is 6.54 Å². The molecule has 0 aliphatic rings. The van der Waals surface area contributed by atoms with Crippen molar-refractivity contribution in [1.82, 2.24) is 5.32 Å². The molecular formula is C17H27NO. The van der Waals surface area contributed by atoms with Crippen LogP contribution in [0, 0.1) is 19.8 Å². The third-order valence-corrected chi connectivity index (χ3v) is 2.96. The average Bonchev–Trinajstić information content (AvgIpc) is 2.32. The van der Waals surface area contributed by atoms with Crippen molar-refractivity contribution in [3.8, 4) is 5.75 Å². The zero-order chi connectivity index (χ0) is 14.3. The molecule has 0 aromatic heterocycles. The van der Waals surface area contributed by atoms with E-state index in [-0.39, 0.29) is 0 Å². The first-order valence-electron chi connectivity index (χ1n) is 7.09. The van der Waals surface area contributed by atoms with E-state index in [4.69, 9.17) is 4.74 Å². The lowest BCUT2D eigenvalue weighted by atomic mass is 10.1. The van der Waals surface area contributed by atoms with Crippen molar-refractivity contribution >= 4 is 0 Å². The minimum atomic E-state index is 0.642. The van der Waals surface area contributed by atoms with Crippen molar-refractivity contribution < 1.29 is 4.74 Å². The van der Waals surface area contributed by atoms with Gasteiger partial charge in [-0.05, 0) is 49.9 Å². The normalized spacial score (nSPS) is 11.5. The highest BCUT2D eigenvalue weighted by Crippen LogP contribution is 2.24. The first-order chi connectivity index (χ1) is 9.04. The van der Waals surface area contributed by atoms with E-state index in [0.717, 1.165) is 18.8 Å². The number of hydrogen-bond donors (Lipinski definition) is 1. The fourth-order valence-electron chi connectivity index (χ4n) is 2.10. The Labute approximate surface area is 117 Å². The summed E-state index contributed by atoms with van der Waals surface area (Å²) in [5.74, 6) is 1.70. The molecule has 0 heterocycles. The molecule has 0 saturated heterocycles. The molecule has 19 heavy (non-hydrogen) atoms. The van der Waals surface area contributed by atoms with Gasteiger partial charge in [0.1, 0.15) is 12.4 Å². The van der Waals surface area contributed by atoms with Gasteiger partial charge in [-0.2, -0.15) is 0 Å². The number of allylic oxidation sites excluding steroid dienone is 1. The van der Waals surface area contributed by atoms with E-state index in [1.165, 1.54) is 16.7 Å². The molecule has 0 saturated carbocycles. The molecule has 1 rings (SSSR count). The van der Waals surface area contributed by atoms with Crippen LogP contribution < -0.4 is 10.1 Å². The molecular weight excluding hydrogens is 234 g/mol. The lowest BCUT2D eigenvalue weighted by molar-refractivity contribution is 0.357. The van der Waals surface area contributed by atoms with Crippen molar-refractivity contribution in [2.45, 2.75) is 41.2 Å². The Hall–Kier alpha value is -1.28. The predicted molar refractivity (Wildman–Crippen MR) is 82.8 cm³/mol. The Morgan fingerprint density at radius 3 is 2.37 bits per heavy atom. The van der Waals surface area contributed by atoms with Crippen molar-refractivity contribution in [2.24, 2.45) is 5.92 Å². The summed E-state index contributed by atoms with van der Waals surface area (Å²) in [6, 6.07) is 4.43. The molecule has 2 nitrogen and oxygen atoms in total. The Kier molecular flexibility index (Phi) is 6.65. The van der Waals surface area contributed by atoms with Gasteiger partial charge in [0.2, 0.25) is 0 Å². The summed E-state index contributed by atoms with van der Waals surface area (Å²) in [6.45, 7) is 13.3. The Morgan fingerprint density at radius 2 is 1.84 bits per heavy atom. The molecule has 1 N–H and O–H groups in total. The number of nitrogens with one attached hydrogen (secondary N) is 1. The van der Waals surface area contributed by atoms with Crippen LogP contribution in [-0.2, 0) is 6.54 Å². The van der Waals surface area contributed by atoms with Gasteiger partial charge < -0.3 is 10.1 Å². The zero-order valence-electron chi connectivity index (χ0n) is 12.9. The van der Waals surface area contributed by atoms with E-state index < -0.39 is 0 Å². The first kappa shape index (κ1) is 15.8. The Bertz CT molecular complexity index is 398. The minimum absolute atomic E-state index is 0.642. The number of rotatable bonds is 7. The van der Waals surface area contributed by atoms with Crippen LogP contribution in [0.2, 0.25) is 0 Å². The van der Waals surface area contributed by atoms with Crippen LogP contribution in [0.1, 0.15) is 37.5 Å². The minimum Gasteiger partial charge on any atom is -0.489 e. The van der Waals surface area contributed by atoms with Gasteiger partial charge in [-0.1, -0.05) is 38.1 Å². The monoisotopic (exact) mass is 261 g/mol. The molecule has 0 atom stereocenters. The lowest BCUT2D eigenvalue weighted by Crippen LogP contribution is -2.19. The van der Waals surface area contributed by atoms with Crippen molar-refractivity contribution in [1.29, 1.82) is 0 Å². The third-order valence-electron chi connectivity index (χ3n) is 2.96. The molecule has 106 valence electrons. The molecule has 0 radical (unpaired) electrons. The third kappa shape index (κ3) is 5.48. The van der Waals surface area contributed by atoms with Crippen molar-refractivity contribution in [3.63, 3.8) is 0 Å². The van der Waals surface area contributed by atoms with Crippen molar-refractivity contribution in [2.75, 3.05) is 13.2 Å². The molecule has 0 spiro atoms. The number of benzene rings is 1. The highest BCUT2D eigenvalue weighted by Gasteiger charge is 2.06. The molecule has 2 heteroatoms. The molecule has 0 bridgehead atoms. The smallest absolute Gasteiger partial charge is 0.125 e. The van der Waals surface area contributed by atoms with Gasteiger partial charge in [-0.3, -0.25) is 0 Å². The molecule has 1 aromatic rings.